The number of rotatable bonds is 1. The molecule has 6 nitrogen and oxygen atoms in total. The molecule has 1 heterocycles. The van der Waals surface area contributed by atoms with E-state index >= 15 is 0 Å². The van der Waals surface area contributed by atoms with E-state index in [9.17, 15) is 0 Å². The maximum Gasteiger partial charge on any atom is 0.323 e. The van der Waals surface area contributed by atoms with Crippen LogP contribution in [0.4, 0.5) is 0 Å². The molecule has 9 heteroatoms. The molecule has 0 spiro atoms. The molecule has 0 saturated carbocycles. The monoisotopic (exact) mass is 246 g/mol. The molecule has 1 aromatic heterocycles. The van der Waals surface area contributed by atoms with Crippen molar-refractivity contribution >= 4 is 23.1 Å². The smallest absolute Gasteiger partial charge is 0.222 e. The van der Waals surface area contributed by atoms with Crippen LogP contribution < -0.4 is 23.3 Å². The first-order valence-corrected chi connectivity index (χ1v) is 6.14. The molecule has 0 aromatic carbocycles. The van der Waals surface area contributed by atoms with E-state index in [4.69, 9.17) is 18.6 Å². The van der Waals surface area contributed by atoms with E-state index in [2.05, 4.69) is 5.10 Å². The zero-order chi connectivity index (χ0) is 10.5. The first-order valence-electron chi connectivity index (χ1n) is 2.80. The second kappa shape index (κ2) is 5.70. The van der Waals surface area contributed by atoms with Gasteiger partial charge in [-0.2, -0.15) is 0 Å². The summed E-state index contributed by atoms with van der Waals surface area (Å²) in [6.45, 7) is 0. The van der Waals surface area contributed by atoms with Crippen LogP contribution >= 0.6 is 23.1 Å². The van der Waals surface area contributed by atoms with Crippen molar-refractivity contribution in [3.8, 4) is 0 Å². The summed E-state index contributed by atoms with van der Waals surface area (Å²) >= 11 is 3.39. The van der Waals surface area contributed by atoms with Crippen LogP contribution in [0.1, 0.15) is 0 Å². The lowest BCUT2D eigenvalue weighted by molar-refractivity contribution is -2.00. The third-order valence-electron chi connectivity index (χ3n) is 0.813. The predicted octanol–water partition coefficient (Wildman–Crippen LogP) is -4.07. The van der Waals surface area contributed by atoms with Crippen LogP contribution in [0, 0.1) is 10.2 Å². The minimum absolute atomic E-state index is 1.24. The fraction of sp³-hybridized carbons (Fsp3) is 0.500. The molecule has 0 fully saturated rings. The molecule has 76 valence electrons. The van der Waals surface area contributed by atoms with Gasteiger partial charge in [0.25, 0.3) is 0 Å². The molecule has 0 unspecified atom stereocenters. The number of hydrogen-bond donors (Lipinski definition) is 0. The third-order valence-corrected chi connectivity index (χ3v) is 2.88. The van der Waals surface area contributed by atoms with E-state index in [1.54, 1.807) is 23.1 Å². The number of hydrogen-bond acceptors (Lipinski definition) is 7. The van der Waals surface area contributed by atoms with Gasteiger partial charge in [-0.15, -0.1) is 10.2 Å². The second-order valence-electron chi connectivity index (χ2n) is 1.71. The summed E-state index contributed by atoms with van der Waals surface area (Å²) in [5.74, 6) is 0. The van der Waals surface area contributed by atoms with Crippen LogP contribution in [0.5, 0.6) is 0 Å². The molecule has 0 atom stereocenters. The summed E-state index contributed by atoms with van der Waals surface area (Å²) in [4.78, 5) is 0. The van der Waals surface area contributed by atoms with Gasteiger partial charge in [-0.3, -0.25) is 0 Å². The summed E-state index contributed by atoms with van der Waals surface area (Å²) in [5, 5.41) is 4.00. The predicted molar refractivity (Wildman–Crippen MR) is 35.1 cm³/mol. The van der Waals surface area contributed by atoms with Gasteiger partial charge in [-0.1, -0.05) is 4.68 Å². The summed E-state index contributed by atoms with van der Waals surface area (Å²) < 4.78 is 37.1. The topological polar surface area (TPSA) is 109 Å². The Labute approximate surface area is 85.2 Å². The summed E-state index contributed by atoms with van der Waals surface area (Å²) in [5.41, 5.74) is 1.84. The highest BCUT2D eigenvalue weighted by Crippen LogP contribution is 2.11. The molecule has 0 radical (unpaired) electrons. The third kappa shape index (κ3) is 8.37. The zero-order valence-corrected chi connectivity index (χ0v) is 9.19. The Morgan fingerprint density at radius 2 is 1.92 bits per heavy atom. The summed E-state index contributed by atoms with van der Waals surface area (Å²) in [6.07, 6.45) is 2.05. The van der Waals surface area contributed by atoms with Gasteiger partial charge >= 0.3 is 4.34 Å². The van der Waals surface area contributed by atoms with Gasteiger partial charge in [0, 0.05) is 5.10 Å². The Morgan fingerprint density at radius 1 is 1.46 bits per heavy atom. The average Bonchev–Trinajstić information content (AvgIpc) is 2.31. The molecule has 0 bridgehead atoms. The highest BCUT2D eigenvalue weighted by molar-refractivity contribution is 8.00. The molecule has 0 N–H and O–H groups in total. The van der Waals surface area contributed by atoms with E-state index in [1.165, 1.54) is 4.34 Å². The van der Waals surface area contributed by atoms with Crippen molar-refractivity contribution in [1.29, 1.82) is 0 Å². The van der Waals surface area contributed by atoms with Crippen LogP contribution in [0.15, 0.2) is 9.85 Å². The maximum absolute atomic E-state index is 8.49. The van der Waals surface area contributed by atoms with Crippen molar-refractivity contribution in [2.75, 3.05) is 6.26 Å². The molecule has 0 aliphatic heterocycles. The van der Waals surface area contributed by atoms with Crippen molar-refractivity contribution in [3.63, 3.8) is 0 Å². The lowest BCUT2D eigenvalue weighted by Crippen LogP contribution is -2.68. The van der Waals surface area contributed by atoms with Crippen LogP contribution in [0.3, 0.4) is 0 Å². The van der Waals surface area contributed by atoms with Gasteiger partial charge in [-0.05, 0) is 29.4 Å². The largest absolute Gasteiger partial charge is 0.323 e. The molecule has 1 aromatic rings. The number of aryl methyl sites for hydroxylation is 1. The molecule has 0 amide bonds. The van der Waals surface area contributed by atoms with E-state index in [0.29, 0.717) is 0 Å². The first-order chi connectivity index (χ1) is 5.84. The quantitative estimate of drug-likeness (QED) is 0.368. The van der Waals surface area contributed by atoms with Crippen LogP contribution in [-0.4, -0.2) is 11.4 Å². The molecule has 0 aliphatic carbocycles. The van der Waals surface area contributed by atoms with Gasteiger partial charge in [0.1, 0.15) is 0 Å². The van der Waals surface area contributed by atoms with Gasteiger partial charge in [0.05, 0.1) is 0 Å². The van der Waals surface area contributed by atoms with Gasteiger partial charge < -0.3 is 0 Å². The molecule has 1 rings (SSSR count). The number of aromatic nitrogens is 2. The molecular formula is C4H7ClN2O4S2. The van der Waals surface area contributed by atoms with Gasteiger partial charge in [-0.25, -0.2) is 18.6 Å². The van der Waals surface area contributed by atoms with Crippen LogP contribution in [0.2, 0.25) is 0 Å². The Kier molecular flexibility index (Phi) is 5.72. The van der Waals surface area contributed by atoms with E-state index in [0.717, 1.165) is 0 Å². The Hall–Kier alpha value is 0.0400. The molecule has 0 aliphatic rings. The fourth-order valence-corrected chi connectivity index (χ4v) is 1.75. The molecular weight excluding hydrogens is 240 g/mol. The Balaban J connectivity index is 0.000000252. The number of thioether (sulfide) groups is 1. The van der Waals surface area contributed by atoms with Crippen molar-refractivity contribution < 1.29 is 33.6 Å². The van der Waals surface area contributed by atoms with Crippen molar-refractivity contribution in [2.24, 2.45) is 7.05 Å². The van der Waals surface area contributed by atoms with Crippen LogP contribution in [-0.2, 0) is 7.05 Å². The minimum Gasteiger partial charge on any atom is -0.222 e. The fourth-order valence-electron chi connectivity index (χ4n) is 0.443. The standard InChI is InChI=1S/C4H7N2S2.ClHO4/c1-6-4(7-2)8-3-5-6;2-1(3,4)5/h3H,1-2H3;(H,2,3,4,5)/q+1;/p-1. The molecule has 13 heavy (non-hydrogen) atoms. The van der Waals surface area contributed by atoms with Gasteiger partial charge in [0.2, 0.25) is 0 Å². The van der Waals surface area contributed by atoms with E-state index in [-0.39, 0.29) is 0 Å². The summed E-state index contributed by atoms with van der Waals surface area (Å²) in [7, 11) is -3.00. The normalized spacial score (nSPS) is 10.6. The first kappa shape index (κ1) is 13.0. The zero-order valence-electron chi connectivity index (χ0n) is 6.80. The maximum atomic E-state index is 8.49. The van der Waals surface area contributed by atoms with Crippen molar-refractivity contribution in [1.82, 2.24) is 5.10 Å². The Morgan fingerprint density at radius 3 is 2.08 bits per heavy atom. The highest BCUT2D eigenvalue weighted by atomic mass is 35.7. The van der Waals surface area contributed by atoms with Crippen molar-refractivity contribution in [3.05, 3.63) is 5.51 Å². The van der Waals surface area contributed by atoms with Crippen molar-refractivity contribution in [2.45, 2.75) is 4.34 Å². The lowest BCUT2D eigenvalue weighted by Gasteiger charge is -2.17. The molecule has 0 saturated heterocycles. The van der Waals surface area contributed by atoms with Gasteiger partial charge in [0.15, 0.2) is 12.6 Å². The summed E-state index contributed by atoms with van der Waals surface area (Å²) in [6, 6.07) is 0. The average molecular weight is 247 g/mol. The second-order valence-corrected chi connectivity index (χ2v) is 4.35. The van der Waals surface area contributed by atoms with E-state index in [1.807, 2.05) is 23.5 Å². The van der Waals surface area contributed by atoms with E-state index < -0.39 is 10.2 Å². The SMILES string of the molecule is CSc1scn[n+]1C.[O-][Cl+3]([O-])([O-])[O-]. The minimum atomic E-state index is -4.94. The highest BCUT2D eigenvalue weighted by Gasteiger charge is 2.05. The lowest BCUT2D eigenvalue weighted by atomic mass is 11.3. The number of halogens is 1. The van der Waals surface area contributed by atoms with Crippen LogP contribution in [0.25, 0.3) is 0 Å². The Bertz CT molecular complexity index is 245. The number of nitrogens with zero attached hydrogens (tertiary/aromatic N) is 2.